The lowest BCUT2D eigenvalue weighted by Gasteiger charge is -2.11. The van der Waals surface area contributed by atoms with Gasteiger partial charge in [0.1, 0.15) is 5.69 Å². The molecule has 0 spiro atoms. The van der Waals surface area contributed by atoms with Crippen LogP contribution >= 0.6 is 0 Å². The molecule has 11 heteroatoms. The summed E-state index contributed by atoms with van der Waals surface area (Å²) in [6, 6.07) is 17.1. The van der Waals surface area contributed by atoms with Crippen LogP contribution in [0.5, 0.6) is 0 Å². The van der Waals surface area contributed by atoms with Crippen molar-refractivity contribution in [1.29, 1.82) is 0 Å². The average Bonchev–Trinajstić information content (AvgIpc) is 3.18. The second kappa shape index (κ2) is 7.75. The van der Waals surface area contributed by atoms with Gasteiger partial charge in [0.25, 0.3) is 11.4 Å². The SMILES string of the molecule is O=[N+]([O-])c1ccc(Nc2nnc(-c3ccccn3)n2-c2ccc([N+](=O)[O-])cc2)cc1. The van der Waals surface area contributed by atoms with E-state index in [1.54, 1.807) is 53.2 Å². The molecule has 0 atom stereocenters. The summed E-state index contributed by atoms with van der Waals surface area (Å²) in [5.41, 5.74) is 1.61. The molecule has 0 unspecified atom stereocenters. The maximum Gasteiger partial charge on any atom is 0.269 e. The molecule has 0 bridgehead atoms. The van der Waals surface area contributed by atoms with Gasteiger partial charge in [0.15, 0.2) is 5.82 Å². The van der Waals surface area contributed by atoms with Crippen molar-refractivity contribution in [3.05, 3.63) is 93.2 Å². The zero-order valence-electron chi connectivity index (χ0n) is 15.2. The summed E-state index contributed by atoms with van der Waals surface area (Å²) in [7, 11) is 0. The number of nitrogens with zero attached hydrogens (tertiary/aromatic N) is 6. The Balaban J connectivity index is 1.77. The van der Waals surface area contributed by atoms with Gasteiger partial charge in [0.05, 0.1) is 15.5 Å². The topological polar surface area (TPSA) is 142 Å². The van der Waals surface area contributed by atoms with Gasteiger partial charge in [-0.1, -0.05) is 6.07 Å². The fourth-order valence-electron chi connectivity index (χ4n) is 2.79. The second-order valence-electron chi connectivity index (χ2n) is 6.10. The van der Waals surface area contributed by atoms with Crippen LogP contribution in [0.1, 0.15) is 0 Å². The van der Waals surface area contributed by atoms with Crippen LogP contribution in [-0.2, 0) is 0 Å². The lowest BCUT2D eigenvalue weighted by Crippen LogP contribution is -2.04. The van der Waals surface area contributed by atoms with E-state index < -0.39 is 9.85 Å². The number of nitrogens with one attached hydrogen (secondary N) is 1. The van der Waals surface area contributed by atoms with Crippen LogP contribution in [-0.4, -0.2) is 29.6 Å². The number of hydrogen-bond donors (Lipinski definition) is 1. The summed E-state index contributed by atoms with van der Waals surface area (Å²) in [5.74, 6) is 0.743. The number of pyridine rings is 1. The van der Waals surface area contributed by atoms with Gasteiger partial charge in [0, 0.05) is 36.1 Å². The molecule has 2 aromatic carbocycles. The predicted octanol–water partition coefficient (Wildman–Crippen LogP) is 3.89. The predicted molar refractivity (Wildman–Crippen MR) is 108 cm³/mol. The Morgan fingerprint density at radius 1 is 0.800 bits per heavy atom. The van der Waals surface area contributed by atoms with Gasteiger partial charge in [-0.05, 0) is 36.4 Å². The van der Waals surface area contributed by atoms with Gasteiger partial charge < -0.3 is 5.32 Å². The van der Waals surface area contributed by atoms with Crippen molar-refractivity contribution in [1.82, 2.24) is 19.7 Å². The summed E-state index contributed by atoms with van der Waals surface area (Å²) < 4.78 is 1.66. The first kappa shape index (κ1) is 18.7. The number of hydrogen-bond acceptors (Lipinski definition) is 8. The molecule has 0 saturated heterocycles. The van der Waals surface area contributed by atoms with E-state index in [1.165, 1.54) is 24.3 Å². The number of nitro groups is 2. The number of nitro benzene ring substituents is 2. The molecule has 11 nitrogen and oxygen atoms in total. The van der Waals surface area contributed by atoms with Crippen LogP contribution in [0, 0.1) is 20.2 Å². The highest BCUT2D eigenvalue weighted by Crippen LogP contribution is 2.27. The maximum absolute atomic E-state index is 11.0. The zero-order chi connectivity index (χ0) is 21.1. The second-order valence-corrected chi connectivity index (χ2v) is 6.10. The van der Waals surface area contributed by atoms with Crippen molar-refractivity contribution in [2.75, 3.05) is 5.32 Å². The van der Waals surface area contributed by atoms with Crippen LogP contribution in [0.2, 0.25) is 0 Å². The monoisotopic (exact) mass is 403 g/mol. The van der Waals surface area contributed by atoms with Gasteiger partial charge in [-0.2, -0.15) is 0 Å². The fraction of sp³-hybridized carbons (Fsp3) is 0. The minimum absolute atomic E-state index is 0.0356. The Morgan fingerprint density at radius 2 is 1.43 bits per heavy atom. The molecular formula is C19H13N7O4. The Hall–Kier alpha value is -4.67. The highest BCUT2D eigenvalue weighted by molar-refractivity contribution is 5.63. The van der Waals surface area contributed by atoms with Crippen molar-refractivity contribution in [2.24, 2.45) is 0 Å². The number of non-ortho nitro benzene ring substituents is 2. The van der Waals surface area contributed by atoms with Crippen LogP contribution in [0.3, 0.4) is 0 Å². The first-order valence-electron chi connectivity index (χ1n) is 8.66. The summed E-state index contributed by atoms with van der Waals surface area (Å²) in [5, 5.41) is 33.3. The largest absolute Gasteiger partial charge is 0.324 e. The third-order valence-electron chi connectivity index (χ3n) is 4.21. The highest BCUT2D eigenvalue weighted by atomic mass is 16.6. The van der Waals surface area contributed by atoms with E-state index in [9.17, 15) is 20.2 Å². The smallest absolute Gasteiger partial charge is 0.269 e. The van der Waals surface area contributed by atoms with Gasteiger partial charge in [-0.3, -0.25) is 29.8 Å². The molecule has 0 aliphatic heterocycles. The number of aromatic nitrogens is 4. The third-order valence-corrected chi connectivity index (χ3v) is 4.21. The molecule has 0 amide bonds. The van der Waals surface area contributed by atoms with Gasteiger partial charge in [0.2, 0.25) is 5.95 Å². The summed E-state index contributed by atoms with van der Waals surface area (Å²) in [6.07, 6.45) is 1.62. The Kier molecular flexibility index (Phi) is 4.83. The van der Waals surface area contributed by atoms with Crippen LogP contribution < -0.4 is 5.32 Å². The highest BCUT2D eigenvalue weighted by Gasteiger charge is 2.18. The van der Waals surface area contributed by atoms with Crippen LogP contribution in [0.15, 0.2) is 72.9 Å². The maximum atomic E-state index is 11.0. The van der Waals surface area contributed by atoms with Crippen molar-refractivity contribution < 1.29 is 9.85 Å². The molecule has 1 N–H and O–H groups in total. The number of rotatable bonds is 6. The molecule has 4 rings (SSSR count). The lowest BCUT2D eigenvalue weighted by atomic mass is 10.2. The minimum Gasteiger partial charge on any atom is -0.324 e. The number of benzene rings is 2. The molecule has 2 heterocycles. The van der Waals surface area contributed by atoms with E-state index in [2.05, 4.69) is 20.5 Å². The fourth-order valence-corrected chi connectivity index (χ4v) is 2.79. The van der Waals surface area contributed by atoms with E-state index in [-0.39, 0.29) is 11.4 Å². The van der Waals surface area contributed by atoms with Crippen LogP contribution in [0.4, 0.5) is 23.0 Å². The summed E-state index contributed by atoms with van der Waals surface area (Å²) >= 11 is 0. The third kappa shape index (κ3) is 3.67. The van der Waals surface area contributed by atoms with Crippen molar-refractivity contribution in [3.63, 3.8) is 0 Å². The molecule has 148 valence electrons. The van der Waals surface area contributed by atoms with E-state index in [1.807, 2.05) is 0 Å². The van der Waals surface area contributed by atoms with Crippen molar-refractivity contribution in [3.8, 4) is 17.2 Å². The Morgan fingerprint density at radius 3 is 2.00 bits per heavy atom. The van der Waals surface area contributed by atoms with E-state index in [0.717, 1.165) is 0 Å². The molecule has 30 heavy (non-hydrogen) atoms. The summed E-state index contributed by atoms with van der Waals surface area (Å²) in [4.78, 5) is 25.2. The molecule has 4 aromatic rings. The van der Waals surface area contributed by atoms with Crippen LogP contribution in [0.25, 0.3) is 17.2 Å². The standard InChI is InChI=1S/C19H13N7O4/c27-25(28)15-6-4-13(5-7-15)21-19-23-22-18(17-3-1-2-12-20-17)24(19)14-8-10-16(11-9-14)26(29)30/h1-12H,(H,21,23). The minimum atomic E-state index is -0.484. The molecule has 0 saturated carbocycles. The van der Waals surface area contributed by atoms with E-state index >= 15 is 0 Å². The van der Waals surface area contributed by atoms with Gasteiger partial charge in [-0.25, -0.2) is 0 Å². The average molecular weight is 403 g/mol. The molecule has 0 aliphatic carbocycles. The zero-order valence-corrected chi connectivity index (χ0v) is 15.2. The Bertz CT molecular complexity index is 1210. The Labute approximate surface area is 169 Å². The van der Waals surface area contributed by atoms with Crippen molar-refractivity contribution in [2.45, 2.75) is 0 Å². The van der Waals surface area contributed by atoms with Crippen molar-refractivity contribution >= 4 is 23.0 Å². The van der Waals surface area contributed by atoms with E-state index in [4.69, 9.17) is 0 Å². The molecule has 0 fully saturated rings. The lowest BCUT2D eigenvalue weighted by molar-refractivity contribution is -0.385. The molecule has 0 radical (unpaired) electrons. The quantitative estimate of drug-likeness (QED) is 0.377. The normalized spacial score (nSPS) is 10.5. The first-order valence-corrected chi connectivity index (χ1v) is 8.66. The molecule has 2 aromatic heterocycles. The van der Waals surface area contributed by atoms with Gasteiger partial charge in [-0.15, -0.1) is 10.2 Å². The molecule has 0 aliphatic rings. The summed E-state index contributed by atoms with van der Waals surface area (Å²) in [6.45, 7) is 0. The molecular weight excluding hydrogens is 390 g/mol. The van der Waals surface area contributed by atoms with E-state index in [0.29, 0.717) is 28.8 Å². The van der Waals surface area contributed by atoms with Gasteiger partial charge >= 0.3 is 0 Å². The number of anilines is 2. The first-order chi connectivity index (χ1) is 14.5.